The van der Waals surface area contributed by atoms with Crippen molar-refractivity contribution in [3.05, 3.63) is 82.2 Å². The van der Waals surface area contributed by atoms with E-state index in [2.05, 4.69) is 85.5 Å². The number of nitrogens with zero attached hydrogens (tertiary/aromatic N) is 8. The number of anilines is 6. The number of carbonyl (C=O) groups excluding carboxylic acids is 2. The molecule has 5 aliphatic rings. The predicted molar refractivity (Wildman–Crippen MR) is 269 cm³/mol. The van der Waals surface area contributed by atoms with Gasteiger partial charge in [0.1, 0.15) is 35.9 Å². The number of piperazine rings is 1. The van der Waals surface area contributed by atoms with E-state index >= 15 is 8.78 Å². The van der Waals surface area contributed by atoms with E-state index in [9.17, 15) is 14.2 Å². The van der Waals surface area contributed by atoms with Gasteiger partial charge in [0.15, 0.2) is 0 Å². The number of methoxy groups -OCH3 is 1. The summed E-state index contributed by atoms with van der Waals surface area (Å²) >= 11 is 3.59. The van der Waals surface area contributed by atoms with Gasteiger partial charge in [-0.05, 0) is 129 Å². The third kappa shape index (κ3) is 9.78. The molecule has 7 heterocycles. The highest BCUT2D eigenvalue weighted by atomic mass is 79.9. The quantitative estimate of drug-likeness (QED) is 0.0768. The molecule has 15 nitrogen and oxygen atoms in total. The van der Waals surface area contributed by atoms with E-state index in [-0.39, 0.29) is 18.4 Å². The summed E-state index contributed by atoms with van der Waals surface area (Å²) in [6.45, 7) is 12.3. The number of ether oxygens (including phenoxy) is 1. The van der Waals surface area contributed by atoms with Crippen LogP contribution in [0.4, 0.5) is 43.3 Å². The summed E-state index contributed by atoms with van der Waals surface area (Å²) < 4.78 is 50.6. The van der Waals surface area contributed by atoms with Crippen molar-refractivity contribution >= 4 is 85.7 Å². The highest BCUT2D eigenvalue weighted by Crippen LogP contribution is 2.43. The van der Waals surface area contributed by atoms with Gasteiger partial charge < -0.3 is 29.7 Å². The highest BCUT2D eigenvalue weighted by Gasteiger charge is 2.46. The maximum atomic E-state index is 15.3. The molecule has 10 rings (SSSR count). The number of piperidine rings is 3. The van der Waals surface area contributed by atoms with Gasteiger partial charge in [0.25, 0.3) is 0 Å². The third-order valence-electron chi connectivity index (χ3n) is 15.0. The minimum atomic E-state index is -2.78. The van der Waals surface area contributed by atoms with Crippen LogP contribution in [0.15, 0.2) is 59.5 Å². The molecule has 5 saturated heterocycles. The molecule has 3 aromatic carbocycles. The second kappa shape index (κ2) is 19.5. The van der Waals surface area contributed by atoms with E-state index in [0.29, 0.717) is 73.7 Å². The number of carbonyl (C=O) groups is 2. The maximum Gasteiger partial charge on any atom is 0.234 e. The van der Waals surface area contributed by atoms with Crippen LogP contribution in [0.25, 0.3) is 11.0 Å². The fraction of sp³-hybridized carbons (Fsp3) is 0.480. The molecule has 0 radical (unpaired) electrons. The fourth-order valence-corrected chi connectivity index (χ4v) is 13.2. The molecule has 2 bridgehead atoms. The number of imide groups is 1. The van der Waals surface area contributed by atoms with Crippen molar-refractivity contribution in [1.29, 1.82) is 0 Å². The summed E-state index contributed by atoms with van der Waals surface area (Å²) in [5.41, 5.74) is 5.21. The summed E-state index contributed by atoms with van der Waals surface area (Å²) in [4.78, 5) is 52.2. The molecule has 1 unspecified atom stereocenters. The lowest BCUT2D eigenvalue weighted by Gasteiger charge is -2.43. The second-order valence-electron chi connectivity index (χ2n) is 19.7. The zero-order valence-corrected chi connectivity index (χ0v) is 42.0. The summed E-state index contributed by atoms with van der Waals surface area (Å²) in [5, 5.41) is 9.57. The van der Waals surface area contributed by atoms with Crippen LogP contribution in [0.1, 0.15) is 68.4 Å². The van der Waals surface area contributed by atoms with Crippen molar-refractivity contribution in [2.24, 2.45) is 5.92 Å². The van der Waals surface area contributed by atoms with E-state index < -0.39 is 36.5 Å². The van der Waals surface area contributed by atoms with Crippen molar-refractivity contribution < 1.29 is 27.7 Å². The van der Waals surface area contributed by atoms with Crippen LogP contribution < -0.4 is 35.8 Å². The number of halogens is 3. The van der Waals surface area contributed by atoms with Crippen LogP contribution in [-0.4, -0.2) is 126 Å². The first-order chi connectivity index (χ1) is 33.2. The van der Waals surface area contributed by atoms with Crippen molar-refractivity contribution in [2.75, 3.05) is 86.7 Å². The standard InChI is InChI=1S/C50H59BrF2N11O4P/c1-29-21-41(58-50-56-26-36(51)48(60-50)57-40-7-6-39-46(55-15-14-54-39)47(40)69(3,4)67)43(68-2)25-42(29)62-19-12-31(13-20-62)64-28-33-22-34(64)27-63(33)18-11-30-9-16-61(17-10-30)32-23-37(52)45(38(53)24-32)35-5-8-44(65)59-49(35)66/h6-7,14-15,21,23-26,30-31,33-35H,5,8-13,16-20,22,27-28H2,1-4H3,(H,59,65,66)(H2,56,57,58,60)/t33-,34-,35?/m1/s1. The van der Waals surface area contributed by atoms with Gasteiger partial charge in [0.05, 0.1) is 39.7 Å². The molecule has 5 aromatic rings. The van der Waals surface area contributed by atoms with Crippen molar-refractivity contribution in [2.45, 2.75) is 82.3 Å². The molecule has 3 N–H and O–H groups in total. The number of nitrogens with one attached hydrogen (secondary N) is 3. The van der Waals surface area contributed by atoms with Crippen LogP contribution in [0.2, 0.25) is 0 Å². The molecule has 2 amide bonds. The lowest BCUT2D eigenvalue weighted by molar-refractivity contribution is -0.134. The first-order valence-corrected chi connectivity index (χ1v) is 27.5. The summed E-state index contributed by atoms with van der Waals surface area (Å²) in [6, 6.07) is 12.4. The van der Waals surface area contributed by atoms with Crippen molar-refractivity contribution in [1.82, 2.24) is 35.1 Å². The monoisotopic (exact) mass is 1030 g/mol. The molecular formula is C50H59BrF2N11O4P. The Morgan fingerprint density at radius 1 is 0.870 bits per heavy atom. The number of amides is 2. The van der Waals surface area contributed by atoms with Crippen LogP contribution in [0.3, 0.4) is 0 Å². The molecule has 364 valence electrons. The van der Waals surface area contributed by atoms with Gasteiger partial charge in [-0.2, -0.15) is 4.98 Å². The Morgan fingerprint density at radius 2 is 1.61 bits per heavy atom. The smallest absolute Gasteiger partial charge is 0.234 e. The zero-order valence-electron chi connectivity index (χ0n) is 39.5. The van der Waals surface area contributed by atoms with Gasteiger partial charge in [0, 0.05) is 105 Å². The number of hydrogen-bond acceptors (Lipinski definition) is 14. The van der Waals surface area contributed by atoms with Gasteiger partial charge in [-0.25, -0.2) is 13.8 Å². The van der Waals surface area contributed by atoms with Crippen molar-refractivity contribution in [3.63, 3.8) is 0 Å². The summed E-state index contributed by atoms with van der Waals surface area (Å²) in [7, 11) is -1.10. The number of fused-ring (bicyclic) bond motifs is 3. The van der Waals surface area contributed by atoms with Gasteiger partial charge in [0.2, 0.25) is 17.8 Å². The molecule has 0 aliphatic carbocycles. The number of aryl methyl sites for hydroxylation is 1. The molecule has 0 spiro atoms. The van der Waals surface area contributed by atoms with E-state index in [1.165, 1.54) is 18.6 Å². The first kappa shape index (κ1) is 47.4. The summed E-state index contributed by atoms with van der Waals surface area (Å²) in [6.07, 6.45) is 11.6. The molecule has 5 fully saturated rings. The predicted octanol–water partition coefficient (Wildman–Crippen LogP) is 8.07. The Morgan fingerprint density at radius 3 is 2.30 bits per heavy atom. The Labute approximate surface area is 409 Å². The number of likely N-dealkylation sites (tertiary alicyclic amines) is 2. The van der Waals surface area contributed by atoms with E-state index in [1.807, 2.05) is 12.1 Å². The number of hydrogen-bond donors (Lipinski definition) is 3. The van der Waals surface area contributed by atoms with Gasteiger partial charge in [-0.3, -0.25) is 34.7 Å². The van der Waals surface area contributed by atoms with Crippen molar-refractivity contribution in [3.8, 4) is 5.75 Å². The van der Waals surface area contributed by atoms with E-state index in [4.69, 9.17) is 9.72 Å². The minimum absolute atomic E-state index is 0.0716. The molecule has 19 heteroatoms. The van der Waals surface area contributed by atoms with Crippen LogP contribution in [0, 0.1) is 24.5 Å². The number of rotatable bonds is 13. The van der Waals surface area contributed by atoms with Gasteiger partial charge in [-0.15, -0.1) is 0 Å². The Kier molecular flexibility index (Phi) is 13.4. The number of aromatic nitrogens is 4. The molecule has 69 heavy (non-hydrogen) atoms. The lowest BCUT2D eigenvalue weighted by atomic mass is 9.89. The average Bonchev–Trinajstić information content (AvgIpc) is 3.94. The zero-order chi connectivity index (χ0) is 48.1. The number of benzene rings is 3. The van der Waals surface area contributed by atoms with Gasteiger partial charge >= 0.3 is 0 Å². The third-order valence-corrected chi connectivity index (χ3v) is 17.2. The second-order valence-corrected chi connectivity index (χ2v) is 23.7. The van der Waals surface area contributed by atoms with Gasteiger partial charge in [-0.1, -0.05) is 0 Å². The largest absolute Gasteiger partial charge is 0.494 e. The normalized spacial score (nSPS) is 21.9. The van der Waals surface area contributed by atoms with E-state index in [1.54, 1.807) is 39.0 Å². The topological polar surface area (TPSA) is 161 Å². The summed E-state index contributed by atoms with van der Waals surface area (Å²) in [5.74, 6) is -1.35. The molecular weight excluding hydrogens is 967 g/mol. The fourth-order valence-electron chi connectivity index (χ4n) is 11.5. The lowest BCUT2D eigenvalue weighted by Crippen LogP contribution is -2.53. The Hall–Kier alpha value is -5.29. The SMILES string of the molecule is COc1cc(N2CCC(N3C[C@H]4C[C@@H]3CN4CCC3CCN(c4cc(F)c(C5CCC(=O)NC5=O)c(F)c4)CC3)CC2)c(C)cc1Nc1ncc(Br)c(Nc2ccc3nccnc3c2P(C)(C)=O)n1. The highest BCUT2D eigenvalue weighted by molar-refractivity contribution is 9.10. The molecule has 0 saturated carbocycles. The van der Waals surface area contributed by atoms with Crippen LogP contribution >= 0.6 is 23.1 Å². The minimum Gasteiger partial charge on any atom is -0.494 e. The molecule has 2 aromatic heterocycles. The molecule has 3 atom stereocenters. The maximum absolute atomic E-state index is 15.3. The first-order valence-electron chi connectivity index (χ1n) is 24.1. The van der Waals surface area contributed by atoms with E-state index in [0.717, 1.165) is 94.9 Å². The molecule has 5 aliphatic heterocycles. The Balaban J connectivity index is 0.703. The van der Waals surface area contributed by atoms with Crippen LogP contribution in [0.5, 0.6) is 5.75 Å². The Bertz CT molecular complexity index is 2810. The average molecular weight is 1030 g/mol. The van der Waals surface area contributed by atoms with Crippen LogP contribution in [-0.2, 0) is 14.2 Å².